The van der Waals surface area contributed by atoms with E-state index in [1.165, 1.54) is 18.2 Å². The van der Waals surface area contributed by atoms with Crippen LogP contribution >= 0.6 is 0 Å². The van der Waals surface area contributed by atoms with Crippen LogP contribution in [0.2, 0.25) is 0 Å². The molecule has 2 atom stereocenters. The second-order valence-electron chi connectivity index (χ2n) is 11.1. The topological polar surface area (TPSA) is 105 Å². The molecule has 1 N–H and O–H groups in total. The van der Waals surface area contributed by atoms with Crippen LogP contribution in [0.25, 0.3) is 11.4 Å². The van der Waals surface area contributed by atoms with Crippen molar-refractivity contribution in [3.8, 4) is 11.4 Å². The standard InChI is InChI=1S/C32H34F3N7O3/c1-21-10-12-23(13-11-21)30-37-39-41(38-30)20-28(43)42(27-9-5-4-8-26(27)32(33,34)35)29(22-14-16-24(17-15-22)40(2)3)31(44)36-19-25-7-6-18-45-25/h4-5,8-17,25,29H,6-7,18-20H2,1-3H3,(H,36,44)/t25-,29-/m0/s1. The molecule has 10 nitrogen and oxygen atoms in total. The number of alkyl halides is 3. The summed E-state index contributed by atoms with van der Waals surface area (Å²) in [5, 5.41) is 15.1. The Morgan fingerprint density at radius 1 is 1.04 bits per heavy atom. The molecule has 1 aliphatic heterocycles. The van der Waals surface area contributed by atoms with E-state index in [-0.39, 0.29) is 18.5 Å². The van der Waals surface area contributed by atoms with E-state index in [1.54, 1.807) is 36.4 Å². The molecule has 0 radical (unpaired) electrons. The van der Waals surface area contributed by atoms with E-state index in [0.717, 1.165) is 39.9 Å². The lowest BCUT2D eigenvalue weighted by molar-refractivity contribution is -0.137. The Morgan fingerprint density at radius 2 is 1.76 bits per heavy atom. The van der Waals surface area contributed by atoms with Gasteiger partial charge >= 0.3 is 6.18 Å². The molecular weight excluding hydrogens is 587 g/mol. The molecule has 2 amide bonds. The average Bonchev–Trinajstić information content (AvgIpc) is 3.71. The van der Waals surface area contributed by atoms with Crippen LogP contribution in [0.15, 0.2) is 72.8 Å². The van der Waals surface area contributed by atoms with E-state index in [0.29, 0.717) is 17.7 Å². The first kappa shape index (κ1) is 31.6. The van der Waals surface area contributed by atoms with Gasteiger partial charge in [-0.05, 0) is 54.8 Å². The summed E-state index contributed by atoms with van der Waals surface area (Å²) in [5.74, 6) is -1.25. The number of nitrogens with zero attached hydrogens (tertiary/aromatic N) is 6. The Kier molecular flexibility index (Phi) is 9.47. The van der Waals surface area contributed by atoms with Crippen molar-refractivity contribution < 1.29 is 27.5 Å². The van der Waals surface area contributed by atoms with Crippen LogP contribution in [0.3, 0.4) is 0 Å². The fraction of sp³-hybridized carbons (Fsp3) is 0.344. The maximum Gasteiger partial charge on any atom is 0.418 e. The zero-order chi connectivity index (χ0) is 32.1. The monoisotopic (exact) mass is 621 g/mol. The third-order valence-corrected chi connectivity index (χ3v) is 7.54. The van der Waals surface area contributed by atoms with Gasteiger partial charge in [0, 0.05) is 38.5 Å². The second-order valence-corrected chi connectivity index (χ2v) is 11.1. The maximum atomic E-state index is 14.4. The van der Waals surface area contributed by atoms with Gasteiger partial charge in [0.25, 0.3) is 5.91 Å². The summed E-state index contributed by atoms with van der Waals surface area (Å²) in [6, 6.07) is 17.3. The number of hydrogen-bond acceptors (Lipinski definition) is 7. The Hall–Kier alpha value is -4.78. The van der Waals surface area contributed by atoms with Gasteiger partial charge in [-0.3, -0.25) is 14.5 Å². The molecule has 4 aromatic rings. The minimum absolute atomic E-state index is 0.151. The largest absolute Gasteiger partial charge is 0.418 e. The summed E-state index contributed by atoms with van der Waals surface area (Å²) >= 11 is 0. The first-order valence-corrected chi connectivity index (χ1v) is 14.5. The van der Waals surface area contributed by atoms with Gasteiger partial charge in [0.1, 0.15) is 12.6 Å². The lowest BCUT2D eigenvalue weighted by atomic mass is 10.0. The molecule has 0 unspecified atom stereocenters. The highest BCUT2D eigenvalue weighted by molar-refractivity contribution is 6.02. The van der Waals surface area contributed by atoms with E-state index in [1.807, 2.05) is 38.1 Å². The van der Waals surface area contributed by atoms with E-state index < -0.39 is 41.8 Å². The molecule has 0 aliphatic carbocycles. The molecular formula is C32H34F3N7O3. The highest BCUT2D eigenvalue weighted by atomic mass is 19.4. The first-order chi connectivity index (χ1) is 21.5. The predicted molar refractivity (Wildman–Crippen MR) is 162 cm³/mol. The molecule has 1 aliphatic rings. The quantitative estimate of drug-likeness (QED) is 0.271. The number of nitrogens with one attached hydrogen (secondary N) is 1. The van der Waals surface area contributed by atoms with Crippen molar-refractivity contribution in [2.75, 3.05) is 37.0 Å². The van der Waals surface area contributed by atoms with Crippen LogP contribution in [-0.4, -0.2) is 65.4 Å². The van der Waals surface area contributed by atoms with E-state index in [2.05, 4.69) is 20.7 Å². The Bertz CT molecular complexity index is 1620. The number of anilines is 2. The summed E-state index contributed by atoms with van der Waals surface area (Å²) in [4.78, 5) is 31.9. The Balaban J connectivity index is 1.56. The van der Waals surface area contributed by atoms with Gasteiger partial charge in [-0.1, -0.05) is 54.1 Å². The third-order valence-electron chi connectivity index (χ3n) is 7.54. The van der Waals surface area contributed by atoms with Gasteiger partial charge in [0.05, 0.1) is 17.4 Å². The zero-order valence-corrected chi connectivity index (χ0v) is 25.2. The maximum absolute atomic E-state index is 14.4. The summed E-state index contributed by atoms with van der Waals surface area (Å²) in [7, 11) is 3.68. The third kappa shape index (κ3) is 7.48. The Morgan fingerprint density at radius 3 is 2.40 bits per heavy atom. The predicted octanol–water partition coefficient (Wildman–Crippen LogP) is 4.80. The minimum atomic E-state index is -4.81. The summed E-state index contributed by atoms with van der Waals surface area (Å²) in [6.45, 7) is 2.07. The average molecular weight is 622 g/mol. The molecule has 2 heterocycles. The van der Waals surface area contributed by atoms with Gasteiger partial charge in [-0.15, -0.1) is 10.2 Å². The van der Waals surface area contributed by atoms with Crippen molar-refractivity contribution in [2.45, 2.75) is 44.6 Å². The number of carbonyl (C=O) groups excluding carboxylic acids is 2. The number of benzene rings is 3. The van der Waals surface area contributed by atoms with Crippen molar-refractivity contribution in [1.82, 2.24) is 25.5 Å². The lowest BCUT2D eigenvalue weighted by Gasteiger charge is -2.33. The van der Waals surface area contributed by atoms with Gasteiger partial charge in [0.15, 0.2) is 0 Å². The number of hydrogen-bond donors (Lipinski definition) is 1. The van der Waals surface area contributed by atoms with Crippen LogP contribution in [0.5, 0.6) is 0 Å². The highest BCUT2D eigenvalue weighted by Crippen LogP contribution is 2.40. The van der Waals surface area contributed by atoms with Gasteiger partial charge in [-0.2, -0.15) is 18.0 Å². The fourth-order valence-electron chi connectivity index (χ4n) is 5.16. The number of para-hydroxylation sites is 1. The number of amides is 2. The smallest absolute Gasteiger partial charge is 0.378 e. The van der Waals surface area contributed by atoms with Crippen molar-refractivity contribution in [3.05, 3.63) is 89.5 Å². The lowest BCUT2D eigenvalue weighted by Crippen LogP contribution is -2.47. The highest BCUT2D eigenvalue weighted by Gasteiger charge is 2.40. The molecule has 0 spiro atoms. The fourth-order valence-corrected chi connectivity index (χ4v) is 5.16. The number of ether oxygens (including phenoxy) is 1. The first-order valence-electron chi connectivity index (χ1n) is 14.5. The van der Waals surface area contributed by atoms with Crippen LogP contribution in [-0.2, 0) is 27.0 Å². The van der Waals surface area contributed by atoms with Gasteiger partial charge < -0.3 is 15.0 Å². The molecule has 1 saturated heterocycles. The van der Waals surface area contributed by atoms with Crippen LogP contribution < -0.4 is 15.1 Å². The molecule has 5 rings (SSSR count). The molecule has 236 valence electrons. The number of aromatic nitrogens is 4. The SMILES string of the molecule is Cc1ccc(-c2nnn(CC(=O)N(c3ccccc3C(F)(F)F)[C@H](C(=O)NC[C@@H]3CCCO3)c3ccc(N(C)C)cc3)n2)cc1. The van der Waals surface area contributed by atoms with Crippen LogP contribution in [0.4, 0.5) is 24.5 Å². The molecule has 0 saturated carbocycles. The summed E-state index contributed by atoms with van der Waals surface area (Å²) in [6.07, 6.45) is -3.46. The number of halogens is 3. The van der Waals surface area contributed by atoms with Crippen LogP contribution in [0.1, 0.15) is 35.6 Å². The van der Waals surface area contributed by atoms with E-state index in [9.17, 15) is 22.8 Å². The molecule has 1 aromatic heterocycles. The number of carbonyl (C=O) groups is 2. The van der Waals surface area contributed by atoms with Gasteiger partial charge in [-0.25, -0.2) is 0 Å². The van der Waals surface area contributed by atoms with Crippen molar-refractivity contribution in [3.63, 3.8) is 0 Å². The van der Waals surface area contributed by atoms with Crippen molar-refractivity contribution in [1.29, 1.82) is 0 Å². The zero-order valence-electron chi connectivity index (χ0n) is 25.2. The molecule has 13 heteroatoms. The summed E-state index contributed by atoms with van der Waals surface area (Å²) in [5.41, 5.74) is 1.28. The van der Waals surface area contributed by atoms with Crippen molar-refractivity contribution in [2.24, 2.45) is 0 Å². The number of rotatable bonds is 10. The number of tetrazole rings is 1. The van der Waals surface area contributed by atoms with Crippen LogP contribution in [0, 0.1) is 6.92 Å². The van der Waals surface area contributed by atoms with Crippen molar-refractivity contribution >= 4 is 23.2 Å². The van der Waals surface area contributed by atoms with E-state index >= 15 is 0 Å². The van der Waals surface area contributed by atoms with Gasteiger partial charge in [0.2, 0.25) is 11.7 Å². The minimum Gasteiger partial charge on any atom is -0.378 e. The summed E-state index contributed by atoms with van der Waals surface area (Å²) < 4.78 is 48.8. The molecule has 0 bridgehead atoms. The Labute approximate surface area is 258 Å². The second kappa shape index (κ2) is 13.5. The van der Waals surface area contributed by atoms with E-state index in [4.69, 9.17) is 4.74 Å². The molecule has 45 heavy (non-hydrogen) atoms. The molecule has 3 aromatic carbocycles. The number of aryl methyl sites for hydroxylation is 1. The molecule has 1 fully saturated rings. The normalized spacial score (nSPS) is 15.5.